The first-order valence-electron chi connectivity index (χ1n) is 9.96. The Kier molecular flexibility index (Phi) is 5.66. The molecule has 1 amide bonds. The van der Waals surface area contributed by atoms with Crippen LogP contribution in [0.5, 0.6) is 0 Å². The second kappa shape index (κ2) is 8.33. The minimum atomic E-state index is -0.00174. The fraction of sp³-hybridized carbons (Fsp3) is 0.550. The lowest BCUT2D eigenvalue weighted by molar-refractivity contribution is -0.113. The van der Waals surface area contributed by atoms with Crippen molar-refractivity contribution in [1.29, 1.82) is 0 Å². The van der Waals surface area contributed by atoms with Crippen LogP contribution in [0.1, 0.15) is 50.6 Å². The number of rotatable bonds is 7. The van der Waals surface area contributed by atoms with Gasteiger partial charge in [0.15, 0.2) is 5.16 Å². The average Bonchev–Trinajstić information content (AvgIpc) is 3.46. The molecule has 0 bridgehead atoms. The number of aryl methyl sites for hydroxylation is 1. The van der Waals surface area contributed by atoms with E-state index in [4.69, 9.17) is 0 Å². The summed E-state index contributed by atoms with van der Waals surface area (Å²) in [5.74, 6) is 1.34. The van der Waals surface area contributed by atoms with E-state index in [1.165, 1.54) is 49.4 Å². The van der Waals surface area contributed by atoms with Crippen LogP contribution in [0.15, 0.2) is 29.4 Å². The molecule has 2 heterocycles. The molecular weight excluding hydrogens is 358 g/mol. The number of thioether (sulfide) groups is 1. The number of aromatic nitrogens is 3. The number of benzene rings is 1. The van der Waals surface area contributed by atoms with Gasteiger partial charge in [-0.2, -0.15) is 0 Å². The van der Waals surface area contributed by atoms with E-state index in [2.05, 4.69) is 38.0 Å². The van der Waals surface area contributed by atoms with Crippen molar-refractivity contribution in [2.45, 2.75) is 56.6 Å². The van der Waals surface area contributed by atoms with E-state index in [0.717, 1.165) is 36.3 Å². The van der Waals surface area contributed by atoms with Crippen molar-refractivity contribution >= 4 is 29.3 Å². The summed E-state index contributed by atoms with van der Waals surface area (Å²) in [5.41, 5.74) is 2.08. The van der Waals surface area contributed by atoms with Crippen LogP contribution < -0.4 is 10.2 Å². The fourth-order valence-corrected chi connectivity index (χ4v) is 4.33. The van der Waals surface area contributed by atoms with Crippen molar-refractivity contribution in [3.8, 4) is 0 Å². The summed E-state index contributed by atoms with van der Waals surface area (Å²) in [6.07, 6.45) is 7.07. The Labute approximate surface area is 164 Å². The zero-order chi connectivity index (χ0) is 18.6. The van der Waals surface area contributed by atoms with Crippen LogP contribution in [-0.4, -0.2) is 39.5 Å². The molecule has 0 unspecified atom stereocenters. The molecule has 0 spiro atoms. The third kappa shape index (κ3) is 4.46. The van der Waals surface area contributed by atoms with Crippen molar-refractivity contribution in [3.63, 3.8) is 0 Å². The highest BCUT2D eigenvalue weighted by atomic mass is 32.2. The summed E-state index contributed by atoms with van der Waals surface area (Å²) in [5, 5.41) is 12.7. The van der Waals surface area contributed by atoms with Gasteiger partial charge in [-0.25, -0.2) is 0 Å². The lowest BCUT2D eigenvalue weighted by atomic mass is 10.1. The second-order valence-corrected chi connectivity index (χ2v) is 8.26. The van der Waals surface area contributed by atoms with Crippen molar-refractivity contribution in [3.05, 3.63) is 29.8 Å². The molecule has 6 nitrogen and oxygen atoms in total. The van der Waals surface area contributed by atoms with Crippen LogP contribution in [-0.2, 0) is 11.2 Å². The summed E-state index contributed by atoms with van der Waals surface area (Å²) < 4.78 is 2.26. The van der Waals surface area contributed by atoms with Gasteiger partial charge in [-0.1, -0.05) is 30.8 Å². The summed E-state index contributed by atoms with van der Waals surface area (Å²) >= 11 is 1.49. The number of anilines is 2. The molecule has 1 aromatic carbocycles. The molecule has 144 valence electrons. The Hall–Kier alpha value is -2.02. The Balaban J connectivity index is 1.40. The summed E-state index contributed by atoms with van der Waals surface area (Å²) in [6.45, 7) is 4.23. The number of nitrogens with one attached hydrogen (secondary N) is 1. The van der Waals surface area contributed by atoms with Gasteiger partial charge >= 0.3 is 0 Å². The normalized spacial score (nSPS) is 17.1. The highest BCUT2D eigenvalue weighted by molar-refractivity contribution is 7.99. The van der Waals surface area contributed by atoms with E-state index in [1.807, 2.05) is 18.2 Å². The highest BCUT2D eigenvalue weighted by Gasteiger charge is 2.32. The minimum Gasteiger partial charge on any atom is -0.341 e. The molecule has 1 saturated carbocycles. The topological polar surface area (TPSA) is 63.1 Å². The van der Waals surface area contributed by atoms with E-state index < -0.39 is 0 Å². The van der Waals surface area contributed by atoms with E-state index in [-0.39, 0.29) is 5.91 Å². The van der Waals surface area contributed by atoms with Gasteiger partial charge in [-0.15, -0.1) is 10.2 Å². The van der Waals surface area contributed by atoms with Gasteiger partial charge in [-0.05, 0) is 56.2 Å². The third-order valence-corrected chi connectivity index (χ3v) is 6.09. The van der Waals surface area contributed by atoms with Gasteiger partial charge in [0.25, 0.3) is 0 Å². The Morgan fingerprint density at radius 2 is 2.04 bits per heavy atom. The molecule has 1 aliphatic carbocycles. The number of hydrogen-bond acceptors (Lipinski definition) is 5. The lowest BCUT2D eigenvalue weighted by Gasteiger charge is -2.27. The van der Waals surface area contributed by atoms with Crippen molar-refractivity contribution in [1.82, 2.24) is 14.8 Å². The molecule has 1 saturated heterocycles. The standard InChI is InChI=1S/C20H27N5OS/c1-2-15-7-6-8-16(13-15)21-18(26)14-27-20-23-22-19(25(20)17-9-10-17)24-11-4-3-5-12-24/h6-8,13,17H,2-5,9-12,14H2,1H3,(H,21,26). The predicted molar refractivity (Wildman–Crippen MR) is 110 cm³/mol. The fourth-order valence-electron chi connectivity index (χ4n) is 3.53. The van der Waals surface area contributed by atoms with Gasteiger partial charge in [-0.3, -0.25) is 9.36 Å². The van der Waals surface area contributed by atoms with Crippen LogP contribution in [0.3, 0.4) is 0 Å². The molecule has 27 heavy (non-hydrogen) atoms. The quantitative estimate of drug-likeness (QED) is 0.733. The number of amides is 1. The molecule has 2 aliphatic rings. The number of carbonyl (C=O) groups excluding carboxylic acids is 1. The first kappa shape index (κ1) is 18.3. The third-order valence-electron chi connectivity index (χ3n) is 5.15. The van der Waals surface area contributed by atoms with E-state index in [0.29, 0.717) is 11.8 Å². The molecule has 4 rings (SSSR count). The monoisotopic (exact) mass is 385 g/mol. The smallest absolute Gasteiger partial charge is 0.234 e. The van der Waals surface area contributed by atoms with Crippen LogP contribution in [0.25, 0.3) is 0 Å². The van der Waals surface area contributed by atoms with E-state index in [9.17, 15) is 4.79 Å². The van der Waals surface area contributed by atoms with E-state index in [1.54, 1.807) is 0 Å². The average molecular weight is 386 g/mol. The van der Waals surface area contributed by atoms with Gasteiger partial charge in [0, 0.05) is 24.8 Å². The second-order valence-electron chi connectivity index (χ2n) is 7.32. The van der Waals surface area contributed by atoms with Crippen LogP contribution in [0.4, 0.5) is 11.6 Å². The lowest BCUT2D eigenvalue weighted by Crippen LogP contribution is -2.32. The maximum absolute atomic E-state index is 12.4. The van der Waals surface area contributed by atoms with Crippen molar-refractivity contribution < 1.29 is 4.79 Å². The predicted octanol–water partition coefficient (Wildman–Crippen LogP) is 3.90. The SMILES string of the molecule is CCc1cccc(NC(=O)CSc2nnc(N3CCCCC3)n2C2CC2)c1. The molecule has 7 heteroatoms. The van der Waals surface area contributed by atoms with E-state index >= 15 is 0 Å². The highest BCUT2D eigenvalue weighted by Crippen LogP contribution is 2.41. The maximum Gasteiger partial charge on any atom is 0.234 e. The molecule has 1 aromatic heterocycles. The molecule has 1 N–H and O–H groups in total. The number of hydrogen-bond donors (Lipinski definition) is 1. The van der Waals surface area contributed by atoms with Crippen molar-refractivity contribution in [2.75, 3.05) is 29.1 Å². The van der Waals surface area contributed by atoms with Gasteiger partial charge < -0.3 is 10.2 Å². The first-order chi connectivity index (χ1) is 13.2. The van der Waals surface area contributed by atoms with Gasteiger partial charge in [0.2, 0.25) is 11.9 Å². The number of carbonyl (C=O) groups is 1. The number of nitrogens with zero attached hydrogens (tertiary/aromatic N) is 4. The summed E-state index contributed by atoms with van der Waals surface area (Å²) in [7, 11) is 0. The van der Waals surface area contributed by atoms with Gasteiger partial charge in [0.1, 0.15) is 0 Å². The maximum atomic E-state index is 12.4. The molecule has 0 radical (unpaired) electrons. The molecule has 1 aliphatic heterocycles. The van der Waals surface area contributed by atoms with Crippen LogP contribution in [0.2, 0.25) is 0 Å². The van der Waals surface area contributed by atoms with Crippen LogP contribution in [0, 0.1) is 0 Å². The zero-order valence-electron chi connectivity index (χ0n) is 15.9. The van der Waals surface area contributed by atoms with Crippen molar-refractivity contribution in [2.24, 2.45) is 0 Å². The largest absolute Gasteiger partial charge is 0.341 e. The number of piperidine rings is 1. The Morgan fingerprint density at radius 1 is 1.22 bits per heavy atom. The molecule has 2 fully saturated rings. The first-order valence-corrected chi connectivity index (χ1v) is 10.9. The molecular formula is C20H27N5OS. The Morgan fingerprint density at radius 3 is 2.78 bits per heavy atom. The molecule has 0 atom stereocenters. The van der Waals surface area contributed by atoms with Gasteiger partial charge in [0.05, 0.1) is 5.75 Å². The Bertz CT molecular complexity index is 795. The van der Waals surface area contributed by atoms with Crippen LogP contribution >= 0.6 is 11.8 Å². The summed E-state index contributed by atoms with van der Waals surface area (Å²) in [6, 6.07) is 8.52. The minimum absolute atomic E-state index is 0.00174. The zero-order valence-corrected chi connectivity index (χ0v) is 16.7. The summed E-state index contributed by atoms with van der Waals surface area (Å²) in [4.78, 5) is 14.7. The molecule has 2 aromatic rings.